The van der Waals surface area contributed by atoms with Gasteiger partial charge in [-0.1, -0.05) is 18.2 Å². The van der Waals surface area contributed by atoms with Crippen molar-refractivity contribution >= 4 is 23.1 Å². The lowest BCUT2D eigenvalue weighted by Crippen LogP contribution is -1.72. The number of furan rings is 1. The molecule has 0 bridgehead atoms. The molecule has 2 aromatic heterocycles. The highest BCUT2D eigenvalue weighted by atomic mass is 16.3. The Morgan fingerprint density at radius 3 is 3.14 bits per heavy atom. The van der Waals surface area contributed by atoms with E-state index in [9.17, 15) is 0 Å². The summed E-state index contributed by atoms with van der Waals surface area (Å²) >= 11 is 0. The molecule has 0 saturated carbocycles. The summed E-state index contributed by atoms with van der Waals surface area (Å²) in [6.45, 7) is 0. The molecule has 2 nitrogen and oxygen atoms in total. The second kappa shape index (κ2) is 2.84. The first-order chi connectivity index (χ1) is 6.95. The van der Waals surface area contributed by atoms with Gasteiger partial charge in [0.15, 0.2) is 5.58 Å². The highest BCUT2D eigenvalue weighted by Crippen LogP contribution is 2.28. The molecule has 0 unspecified atom stereocenters. The van der Waals surface area contributed by atoms with Crippen LogP contribution in [-0.4, -0.2) is 4.98 Å². The highest BCUT2D eigenvalue weighted by molar-refractivity contribution is 5.90. The predicted octanol–water partition coefficient (Wildman–Crippen LogP) is 3.26. The van der Waals surface area contributed by atoms with Gasteiger partial charge in [0.1, 0.15) is 5.76 Å². The highest BCUT2D eigenvalue weighted by Gasteiger charge is 2.09. The Morgan fingerprint density at radius 2 is 2.14 bits per heavy atom. The first-order valence-corrected chi connectivity index (χ1v) is 4.65. The zero-order valence-electron chi connectivity index (χ0n) is 7.60. The molecule has 2 heterocycles. The van der Waals surface area contributed by atoms with Crippen molar-refractivity contribution in [3.8, 4) is 0 Å². The Morgan fingerprint density at radius 1 is 1.21 bits per heavy atom. The van der Waals surface area contributed by atoms with E-state index in [4.69, 9.17) is 4.42 Å². The normalized spacial score (nSPS) is 14.3. The minimum atomic E-state index is 0.855. The van der Waals surface area contributed by atoms with Gasteiger partial charge in [0.2, 0.25) is 0 Å². The molecule has 68 valence electrons. The van der Waals surface area contributed by atoms with Crippen LogP contribution in [-0.2, 0) is 0 Å². The maximum atomic E-state index is 5.67. The molecule has 0 radical (unpaired) electrons. The topological polar surface area (TPSA) is 26.0 Å². The third-order valence-electron chi connectivity index (χ3n) is 2.39. The fraction of sp³-hybridized carbons (Fsp3) is 0.0833. The van der Waals surface area contributed by atoms with E-state index in [1.165, 1.54) is 0 Å². The SMILES string of the molecule is C1=Cc2oc3cnccc3c2C=CC1. The standard InChI is InChI=1S/C12H9NO/c1-2-4-9-10-6-7-13-8-12(10)14-11(9)5-3-1/h2-8H,1H2. The van der Waals surface area contributed by atoms with Gasteiger partial charge in [-0.2, -0.15) is 0 Å². The molecule has 0 fully saturated rings. The van der Waals surface area contributed by atoms with E-state index in [1.807, 2.05) is 12.1 Å². The Labute approximate surface area is 81.6 Å². The van der Waals surface area contributed by atoms with Gasteiger partial charge in [0.25, 0.3) is 0 Å². The van der Waals surface area contributed by atoms with Crippen LogP contribution in [0.25, 0.3) is 23.1 Å². The molecule has 0 atom stereocenters. The van der Waals surface area contributed by atoms with Crippen LogP contribution in [0.15, 0.2) is 35.0 Å². The van der Waals surface area contributed by atoms with Gasteiger partial charge >= 0.3 is 0 Å². The number of hydrogen-bond acceptors (Lipinski definition) is 2. The smallest absolute Gasteiger partial charge is 0.153 e. The van der Waals surface area contributed by atoms with Gasteiger partial charge in [-0.05, 0) is 18.6 Å². The first kappa shape index (κ1) is 7.56. The van der Waals surface area contributed by atoms with Crippen LogP contribution in [0.3, 0.4) is 0 Å². The summed E-state index contributed by atoms with van der Waals surface area (Å²) in [7, 11) is 0. The van der Waals surface area contributed by atoms with Crippen LogP contribution in [0.2, 0.25) is 0 Å². The lowest BCUT2D eigenvalue weighted by Gasteiger charge is -1.87. The summed E-state index contributed by atoms with van der Waals surface area (Å²) in [6.07, 6.45) is 12.9. The van der Waals surface area contributed by atoms with Crippen LogP contribution in [0, 0.1) is 0 Å². The Bertz CT molecular complexity index is 534. The maximum Gasteiger partial charge on any atom is 0.153 e. The number of pyridine rings is 1. The van der Waals surface area contributed by atoms with E-state index in [-0.39, 0.29) is 0 Å². The molecular formula is C12H9NO. The largest absolute Gasteiger partial charge is 0.454 e. The molecule has 2 aromatic rings. The number of nitrogens with zero attached hydrogens (tertiary/aromatic N) is 1. The van der Waals surface area contributed by atoms with E-state index in [0.29, 0.717) is 0 Å². The number of hydrogen-bond donors (Lipinski definition) is 0. The van der Waals surface area contributed by atoms with Crippen molar-refractivity contribution in [3.63, 3.8) is 0 Å². The lowest BCUT2D eigenvalue weighted by atomic mass is 10.1. The van der Waals surface area contributed by atoms with Gasteiger partial charge in [-0.25, -0.2) is 0 Å². The molecule has 0 N–H and O–H groups in total. The molecule has 0 saturated heterocycles. The molecule has 1 aliphatic carbocycles. The fourth-order valence-electron chi connectivity index (χ4n) is 1.73. The molecule has 0 amide bonds. The van der Waals surface area contributed by atoms with Crippen LogP contribution >= 0.6 is 0 Å². The van der Waals surface area contributed by atoms with E-state index in [2.05, 4.69) is 23.2 Å². The first-order valence-electron chi connectivity index (χ1n) is 4.65. The van der Waals surface area contributed by atoms with Crippen LogP contribution < -0.4 is 0 Å². The van der Waals surface area contributed by atoms with Gasteiger partial charge in [-0.3, -0.25) is 4.98 Å². The summed E-state index contributed by atoms with van der Waals surface area (Å²) in [5, 5.41) is 1.14. The summed E-state index contributed by atoms with van der Waals surface area (Å²) < 4.78 is 5.67. The zero-order valence-corrected chi connectivity index (χ0v) is 7.60. The maximum absolute atomic E-state index is 5.67. The number of fused-ring (bicyclic) bond motifs is 3. The Hall–Kier alpha value is -1.83. The fourth-order valence-corrected chi connectivity index (χ4v) is 1.73. The minimum Gasteiger partial charge on any atom is -0.454 e. The minimum absolute atomic E-state index is 0.855. The number of allylic oxidation sites excluding steroid dienone is 2. The van der Waals surface area contributed by atoms with Crippen molar-refractivity contribution in [1.82, 2.24) is 4.98 Å². The van der Waals surface area contributed by atoms with Crippen LogP contribution in [0.1, 0.15) is 17.7 Å². The molecule has 14 heavy (non-hydrogen) atoms. The molecule has 3 rings (SSSR count). The second-order valence-corrected chi connectivity index (χ2v) is 3.29. The van der Waals surface area contributed by atoms with Gasteiger partial charge in [-0.15, -0.1) is 0 Å². The van der Waals surface area contributed by atoms with Crippen molar-refractivity contribution in [2.75, 3.05) is 0 Å². The molecule has 0 spiro atoms. The van der Waals surface area contributed by atoms with Gasteiger partial charge in [0.05, 0.1) is 6.20 Å². The summed E-state index contributed by atoms with van der Waals surface area (Å²) in [5.74, 6) is 0.932. The molecular weight excluding hydrogens is 174 g/mol. The average Bonchev–Trinajstić information content (AvgIpc) is 2.42. The molecule has 2 heteroatoms. The van der Waals surface area contributed by atoms with Crippen molar-refractivity contribution in [2.45, 2.75) is 6.42 Å². The monoisotopic (exact) mass is 183 g/mol. The Balaban J connectivity index is 2.41. The van der Waals surface area contributed by atoms with Crippen LogP contribution in [0.4, 0.5) is 0 Å². The molecule has 1 aliphatic rings. The number of rotatable bonds is 0. The number of aromatic nitrogens is 1. The van der Waals surface area contributed by atoms with Gasteiger partial charge in [0, 0.05) is 17.1 Å². The van der Waals surface area contributed by atoms with Crippen molar-refractivity contribution in [2.24, 2.45) is 0 Å². The van der Waals surface area contributed by atoms with Crippen LogP contribution in [0.5, 0.6) is 0 Å². The Kier molecular flexibility index (Phi) is 1.53. The van der Waals surface area contributed by atoms with E-state index in [0.717, 1.165) is 28.7 Å². The lowest BCUT2D eigenvalue weighted by molar-refractivity contribution is 0.602. The second-order valence-electron chi connectivity index (χ2n) is 3.29. The summed E-state index contributed by atoms with van der Waals surface area (Å²) in [4.78, 5) is 4.04. The van der Waals surface area contributed by atoms with Crippen molar-refractivity contribution in [3.05, 3.63) is 41.9 Å². The van der Waals surface area contributed by atoms with E-state index >= 15 is 0 Å². The molecule has 0 aromatic carbocycles. The zero-order chi connectivity index (χ0) is 9.38. The van der Waals surface area contributed by atoms with Gasteiger partial charge < -0.3 is 4.42 Å². The average molecular weight is 183 g/mol. The van der Waals surface area contributed by atoms with Crippen molar-refractivity contribution < 1.29 is 4.42 Å². The summed E-state index contributed by atoms with van der Waals surface area (Å²) in [5.41, 5.74) is 2.02. The van der Waals surface area contributed by atoms with Crippen molar-refractivity contribution in [1.29, 1.82) is 0 Å². The third-order valence-corrected chi connectivity index (χ3v) is 2.39. The quantitative estimate of drug-likeness (QED) is 0.626. The van der Waals surface area contributed by atoms with E-state index in [1.54, 1.807) is 12.4 Å². The predicted molar refractivity (Wildman–Crippen MR) is 56.7 cm³/mol. The third kappa shape index (κ3) is 1.01. The molecule has 0 aliphatic heterocycles. The summed E-state index contributed by atoms with van der Waals surface area (Å²) in [6, 6.07) is 1.99. The van der Waals surface area contributed by atoms with E-state index < -0.39 is 0 Å².